The summed E-state index contributed by atoms with van der Waals surface area (Å²) in [4.78, 5) is 21.5. The number of benzene rings is 1. The Morgan fingerprint density at radius 2 is 1.83 bits per heavy atom. The molecule has 6 heteroatoms. The highest BCUT2D eigenvalue weighted by molar-refractivity contribution is 5.94. The monoisotopic (exact) mass is 390 g/mol. The van der Waals surface area contributed by atoms with Crippen molar-refractivity contribution in [1.29, 1.82) is 5.26 Å². The Morgan fingerprint density at radius 1 is 1.14 bits per heavy atom. The summed E-state index contributed by atoms with van der Waals surface area (Å²) >= 11 is 0. The molecule has 1 aromatic heterocycles. The van der Waals surface area contributed by atoms with Crippen molar-refractivity contribution < 1.29 is 9.53 Å². The molecule has 0 bridgehead atoms. The number of pyridine rings is 1. The SMILES string of the molecule is Cc1nc(N2CCN(C(=O)c3ccccc3)CC2)c(C#N)c2c1COC(C)(C)C2. The van der Waals surface area contributed by atoms with Crippen LogP contribution in [-0.4, -0.2) is 47.6 Å². The smallest absolute Gasteiger partial charge is 0.253 e. The first-order valence-corrected chi connectivity index (χ1v) is 10.1. The van der Waals surface area contributed by atoms with Crippen molar-refractivity contribution in [2.24, 2.45) is 0 Å². The lowest BCUT2D eigenvalue weighted by Crippen LogP contribution is -2.49. The van der Waals surface area contributed by atoms with Gasteiger partial charge < -0.3 is 14.5 Å². The first-order chi connectivity index (χ1) is 13.9. The van der Waals surface area contributed by atoms with Gasteiger partial charge in [-0.15, -0.1) is 0 Å². The molecule has 1 saturated heterocycles. The number of fused-ring (bicyclic) bond motifs is 1. The van der Waals surface area contributed by atoms with E-state index < -0.39 is 0 Å². The fraction of sp³-hybridized carbons (Fsp3) is 0.435. The number of anilines is 1. The van der Waals surface area contributed by atoms with Crippen molar-refractivity contribution in [2.45, 2.75) is 39.4 Å². The molecule has 6 nitrogen and oxygen atoms in total. The molecule has 4 rings (SSSR count). The molecule has 1 amide bonds. The van der Waals surface area contributed by atoms with Crippen LogP contribution in [-0.2, 0) is 17.8 Å². The van der Waals surface area contributed by atoms with Gasteiger partial charge in [-0.25, -0.2) is 4.98 Å². The summed E-state index contributed by atoms with van der Waals surface area (Å²) in [6.45, 7) is 9.16. The van der Waals surface area contributed by atoms with Crippen LogP contribution >= 0.6 is 0 Å². The number of rotatable bonds is 2. The number of hydrogen-bond acceptors (Lipinski definition) is 5. The van der Waals surface area contributed by atoms with Gasteiger partial charge in [-0.1, -0.05) is 18.2 Å². The van der Waals surface area contributed by atoms with E-state index in [4.69, 9.17) is 9.72 Å². The topological polar surface area (TPSA) is 69.5 Å². The molecule has 1 aromatic carbocycles. The fourth-order valence-corrected chi connectivity index (χ4v) is 4.15. The number of hydrogen-bond donors (Lipinski definition) is 0. The van der Waals surface area contributed by atoms with Crippen molar-refractivity contribution in [3.05, 3.63) is 58.3 Å². The first kappa shape index (κ1) is 19.4. The minimum atomic E-state index is -0.287. The van der Waals surface area contributed by atoms with E-state index in [0.29, 0.717) is 50.3 Å². The van der Waals surface area contributed by atoms with Gasteiger partial charge in [-0.05, 0) is 38.5 Å². The lowest BCUT2D eigenvalue weighted by molar-refractivity contribution is -0.0406. The molecular weight excluding hydrogens is 364 g/mol. The van der Waals surface area contributed by atoms with Crippen LogP contribution in [0, 0.1) is 18.3 Å². The Morgan fingerprint density at radius 3 is 2.48 bits per heavy atom. The highest BCUT2D eigenvalue weighted by Gasteiger charge is 2.33. The van der Waals surface area contributed by atoms with Crippen molar-refractivity contribution >= 4 is 11.7 Å². The second-order valence-corrected chi connectivity index (χ2v) is 8.34. The summed E-state index contributed by atoms with van der Waals surface area (Å²) in [5.74, 6) is 0.799. The van der Waals surface area contributed by atoms with Gasteiger partial charge in [-0.2, -0.15) is 5.26 Å². The van der Waals surface area contributed by atoms with Gasteiger partial charge in [0.05, 0.1) is 17.8 Å². The number of aromatic nitrogens is 1. The predicted octanol–water partition coefficient (Wildman–Crippen LogP) is 3.08. The number of ether oxygens (including phenoxy) is 1. The summed E-state index contributed by atoms with van der Waals surface area (Å²) < 4.78 is 5.93. The standard InChI is InChI=1S/C23H26N4O2/c1-16-20-15-29-23(2,3)13-18(20)19(14-24)21(25-16)26-9-11-27(12-10-26)22(28)17-7-5-4-6-8-17/h4-8H,9-13,15H2,1-3H3. The van der Waals surface area contributed by atoms with E-state index in [1.807, 2.05) is 42.2 Å². The van der Waals surface area contributed by atoms with Gasteiger partial charge in [-0.3, -0.25) is 4.79 Å². The molecule has 3 heterocycles. The average molecular weight is 390 g/mol. The van der Waals surface area contributed by atoms with E-state index in [-0.39, 0.29) is 11.5 Å². The second kappa shape index (κ2) is 7.49. The number of piperazine rings is 1. The van der Waals surface area contributed by atoms with Crippen LogP contribution in [0.5, 0.6) is 0 Å². The average Bonchev–Trinajstić information content (AvgIpc) is 2.73. The minimum absolute atomic E-state index is 0.0548. The lowest BCUT2D eigenvalue weighted by Gasteiger charge is -2.38. The van der Waals surface area contributed by atoms with E-state index in [1.54, 1.807) is 0 Å². The number of nitriles is 1. The van der Waals surface area contributed by atoms with Gasteiger partial charge in [0.1, 0.15) is 11.9 Å². The summed E-state index contributed by atoms with van der Waals surface area (Å²) in [6, 6.07) is 11.8. The maximum absolute atomic E-state index is 12.7. The summed E-state index contributed by atoms with van der Waals surface area (Å²) in [6.07, 6.45) is 0.702. The van der Waals surface area contributed by atoms with Crippen molar-refractivity contribution in [3.8, 4) is 6.07 Å². The molecule has 0 spiro atoms. The highest BCUT2D eigenvalue weighted by atomic mass is 16.5. The van der Waals surface area contributed by atoms with E-state index in [9.17, 15) is 10.1 Å². The fourth-order valence-electron chi connectivity index (χ4n) is 4.15. The molecule has 2 aliphatic heterocycles. The number of carbonyl (C=O) groups excluding carboxylic acids is 1. The van der Waals surface area contributed by atoms with Crippen LogP contribution in [0.4, 0.5) is 5.82 Å². The Hall–Kier alpha value is -2.91. The van der Waals surface area contributed by atoms with Crippen LogP contribution in [0.1, 0.15) is 46.6 Å². The highest BCUT2D eigenvalue weighted by Crippen LogP contribution is 2.35. The second-order valence-electron chi connectivity index (χ2n) is 8.34. The molecule has 0 saturated carbocycles. The van der Waals surface area contributed by atoms with E-state index in [2.05, 4.69) is 24.8 Å². The number of nitrogens with zero attached hydrogens (tertiary/aromatic N) is 4. The van der Waals surface area contributed by atoms with Crippen LogP contribution in [0.15, 0.2) is 30.3 Å². The molecule has 2 aliphatic rings. The third-order valence-electron chi connectivity index (χ3n) is 5.81. The number of carbonyl (C=O) groups is 1. The molecule has 29 heavy (non-hydrogen) atoms. The van der Waals surface area contributed by atoms with E-state index >= 15 is 0 Å². The first-order valence-electron chi connectivity index (χ1n) is 10.1. The lowest BCUT2D eigenvalue weighted by atomic mass is 9.88. The summed E-state index contributed by atoms with van der Waals surface area (Å²) in [7, 11) is 0. The molecule has 0 radical (unpaired) electrons. The molecule has 0 atom stereocenters. The van der Waals surface area contributed by atoms with Crippen LogP contribution in [0.25, 0.3) is 0 Å². The molecule has 1 fully saturated rings. The Labute approximate surface area is 171 Å². The third-order valence-corrected chi connectivity index (χ3v) is 5.81. The van der Waals surface area contributed by atoms with Gasteiger partial charge in [0, 0.05) is 49.4 Å². The molecule has 150 valence electrons. The molecule has 0 aliphatic carbocycles. The molecule has 2 aromatic rings. The maximum Gasteiger partial charge on any atom is 0.253 e. The van der Waals surface area contributed by atoms with Crippen LogP contribution in [0.2, 0.25) is 0 Å². The summed E-state index contributed by atoms with van der Waals surface area (Å²) in [5, 5.41) is 9.93. The molecule has 0 N–H and O–H groups in total. The van der Waals surface area contributed by atoms with Crippen LogP contribution in [0.3, 0.4) is 0 Å². The Kier molecular flexibility index (Phi) is 5.01. The molecular formula is C23H26N4O2. The van der Waals surface area contributed by atoms with Gasteiger partial charge in [0.2, 0.25) is 0 Å². The van der Waals surface area contributed by atoms with E-state index in [0.717, 1.165) is 22.6 Å². The van der Waals surface area contributed by atoms with Crippen molar-refractivity contribution in [3.63, 3.8) is 0 Å². The normalized spacial score (nSPS) is 18.1. The zero-order valence-corrected chi connectivity index (χ0v) is 17.2. The third kappa shape index (κ3) is 3.70. The van der Waals surface area contributed by atoms with Crippen molar-refractivity contribution in [1.82, 2.24) is 9.88 Å². The van der Waals surface area contributed by atoms with Gasteiger partial charge in [0.25, 0.3) is 5.91 Å². The minimum Gasteiger partial charge on any atom is -0.370 e. The maximum atomic E-state index is 12.7. The zero-order chi connectivity index (χ0) is 20.6. The zero-order valence-electron chi connectivity index (χ0n) is 17.2. The van der Waals surface area contributed by atoms with Crippen LogP contribution < -0.4 is 4.90 Å². The largest absolute Gasteiger partial charge is 0.370 e. The Balaban J connectivity index is 1.57. The van der Waals surface area contributed by atoms with E-state index in [1.165, 1.54) is 0 Å². The Bertz CT molecular complexity index is 971. The number of amides is 1. The van der Waals surface area contributed by atoms with Crippen molar-refractivity contribution in [2.75, 3.05) is 31.1 Å². The predicted molar refractivity (Wildman–Crippen MR) is 111 cm³/mol. The van der Waals surface area contributed by atoms with Gasteiger partial charge in [0.15, 0.2) is 0 Å². The summed E-state index contributed by atoms with van der Waals surface area (Å²) in [5.41, 5.74) is 4.11. The molecule has 0 unspecified atom stereocenters. The quantitative estimate of drug-likeness (QED) is 0.788. The number of aryl methyl sites for hydroxylation is 1. The van der Waals surface area contributed by atoms with Gasteiger partial charge >= 0.3 is 0 Å².